The highest BCUT2D eigenvalue weighted by molar-refractivity contribution is 6.35. The third-order valence-corrected chi connectivity index (χ3v) is 4.80. The van der Waals surface area contributed by atoms with Crippen LogP contribution in [0.1, 0.15) is 21.9 Å². The number of nitrogens with zero attached hydrogens (tertiary/aromatic N) is 2. The Morgan fingerprint density at radius 3 is 2.81 bits per heavy atom. The summed E-state index contributed by atoms with van der Waals surface area (Å²) >= 11 is 11.9. The summed E-state index contributed by atoms with van der Waals surface area (Å²) in [5.74, 6) is 0.607. The number of furan rings is 1. The lowest BCUT2D eigenvalue weighted by Gasteiger charge is -2.06. The van der Waals surface area contributed by atoms with Gasteiger partial charge < -0.3 is 14.5 Å². The summed E-state index contributed by atoms with van der Waals surface area (Å²) in [5.41, 5.74) is 0.762. The molecule has 0 atom stereocenters. The minimum absolute atomic E-state index is 0.0941. The molecule has 2 aromatic heterocycles. The van der Waals surface area contributed by atoms with Crippen molar-refractivity contribution >= 4 is 34.9 Å². The fourth-order valence-corrected chi connectivity index (χ4v) is 3.30. The molecule has 0 bridgehead atoms. The van der Waals surface area contributed by atoms with Crippen LogP contribution < -0.4 is 10.1 Å². The fourth-order valence-electron chi connectivity index (χ4n) is 2.84. The Morgan fingerprint density at radius 1 is 1.13 bits per heavy atom. The molecule has 0 aliphatic rings. The van der Waals surface area contributed by atoms with Crippen LogP contribution in [0.5, 0.6) is 5.75 Å². The summed E-state index contributed by atoms with van der Waals surface area (Å²) in [6.45, 7) is 0.472. The van der Waals surface area contributed by atoms with Crippen molar-refractivity contribution in [2.75, 3.05) is 5.32 Å². The minimum Gasteiger partial charge on any atom is -0.484 e. The Hall–Kier alpha value is -3.29. The maximum Gasteiger partial charge on any atom is 0.292 e. The van der Waals surface area contributed by atoms with Gasteiger partial charge in [-0.15, -0.1) is 0 Å². The molecule has 4 aromatic rings. The van der Waals surface area contributed by atoms with Crippen LogP contribution in [0.4, 0.5) is 10.2 Å². The summed E-state index contributed by atoms with van der Waals surface area (Å²) in [6.07, 6.45) is 1.69. The van der Waals surface area contributed by atoms with Crippen LogP contribution >= 0.6 is 23.2 Å². The van der Waals surface area contributed by atoms with Crippen LogP contribution in [-0.4, -0.2) is 15.7 Å². The third-order valence-electron chi connectivity index (χ3n) is 4.27. The highest BCUT2D eigenvalue weighted by atomic mass is 35.5. The quantitative estimate of drug-likeness (QED) is 0.379. The second kappa shape index (κ2) is 9.24. The van der Waals surface area contributed by atoms with Gasteiger partial charge in [0, 0.05) is 17.3 Å². The molecule has 0 aliphatic carbocycles. The van der Waals surface area contributed by atoms with Crippen LogP contribution in [0.2, 0.25) is 10.0 Å². The molecule has 158 valence electrons. The second-order valence-electron chi connectivity index (χ2n) is 6.61. The van der Waals surface area contributed by atoms with E-state index in [4.69, 9.17) is 32.4 Å². The minimum atomic E-state index is -0.452. The molecule has 0 unspecified atom stereocenters. The zero-order valence-electron chi connectivity index (χ0n) is 16.0. The molecule has 9 heteroatoms. The molecule has 2 heterocycles. The van der Waals surface area contributed by atoms with Crippen molar-refractivity contribution in [2.24, 2.45) is 0 Å². The van der Waals surface area contributed by atoms with E-state index in [2.05, 4.69) is 10.4 Å². The average Bonchev–Trinajstić information content (AvgIpc) is 3.37. The van der Waals surface area contributed by atoms with Gasteiger partial charge in [-0.3, -0.25) is 9.48 Å². The monoisotopic (exact) mass is 459 g/mol. The van der Waals surface area contributed by atoms with Gasteiger partial charge in [0.05, 0.1) is 11.6 Å². The van der Waals surface area contributed by atoms with Crippen molar-refractivity contribution in [3.63, 3.8) is 0 Å². The van der Waals surface area contributed by atoms with Crippen molar-refractivity contribution in [2.45, 2.75) is 13.2 Å². The topological polar surface area (TPSA) is 69.3 Å². The Bertz CT molecular complexity index is 1220. The van der Waals surface area contributed by atoms with Crippen molar-refractivity contribution in [3.8, 4) is 5.75 Å². The van der Waals surface area contributed by atoms with E-state index in [-0.39, 0.29) is 18.2 Å². The van der Waals surface area contributed by atoms with Gasteiger partial charge in [0.2, 0.25) is 0 Å². The molecule has 1 N–H and O–H groups in total. The summed E-state index contributed by atoms with van der Waals surface area (Å²) in [5, 5.41) is 7.82. The average molecular weight is 460 g/mol. The van der Waals surface area contributed by atoms with E-state index in [0.29, 0.717) is 33.9 Å². The number of amides is 1. The van der Waals surface area contributed by atoms with Gasteiger partial charge in [-0.05, 0) is 48.0 Å². The lowest BCUT2D eigenvalue weighted by molar-refractivity contribution is 0.0992. The predicted octanol–water partition coefficient (Wildman–Crippen LogP) is 5.80. The number of benzene rings is 2. The van der Waals surface area contributed by atoms with Gasteiger partial charge in [-0.25, -0.2) is 4.39 Å². The number of ether oxygens (including phenoxy) is 1. The molecule has 0 saturated carbocycles. The number of aromatic nitrogens is 2. The number of carbonyl (C=O) groups excluding carboxylic acids is 1. The Kier molecular flexibility index (Phi) is 6.25. The molecule has 31 heavy (non-hydrogen) atoms. The molecule has 4 rings (SSSR count). The van der Waals surface area contributed by atoms with Crippen molar-refractivity contribution < 1.29 is 18.3 Å². The zero-order valence-corrected chi connectivity index (χ0v) is 17.5. The van der Waals surface area contributed by atoms with E-state index in [1.165, 1.54) is 12.1 Å². The SMILES string of the molecule is O=C(Nc1ccn(Cc2cccc(F)c2)n1)c1ccc(COc2ccc(Cl)cc2Cl)o1. The normalized spacial score (nSPS) is 10.8. The summed E-state index contributed by atoms with van der Waals surface area (Å²) in [7, 11) is 0. The molecule has 2 aromatic carbocycles. The van der Waals surface area contributed by atoms with Gasteiger partial charge in [-0.1, -0.05) is 35.3 Å². The maximum atomic E-state index is 13.3. The van der Waals surface area contributed by atoms with E-state index in [9.17, 15) is 9.18 Å². The van der Waals surface area contributed by atoms with E-state index < -0.39 is 5.91 Å². The molecular formula is C22H16Cl2FN3O3. The first-order valence-electron chi connectivity index (χ1n) is 9.22. The molecule has 6 nitrogen and oxygen atoms in total. The summed E-state index contributed by atoms with van der Waals surface area (Å²) in [4.78, 5) is 12.4. The third kappa shape index (κ3) is 5.45. The van der Waals surface area contributed by atoms with Crippen LogP contribution in [-0.2, 0) is 13.2 Å². The Labute approximate surface area is 187 Å². The van der Waals surface area contributed by atoms with Crippen molar-refractivity contribution in [1.82, 2.24) is 9.78 Å². The molecule has 0 spiro atoms. The standard InChI is InChI=1S/C22H16Cl2FN3O3/c23-15-4-6-19(18(24)11-15)30-13-17-5-7-20(31-17)22(29)26-21-8-9-28(27-21)12-14-2-1-3-16(25)10-14/h1-11H,12-13H2,(H,26,27,29). The van der Waals surface area contributed by atoms with E-state index in [1.54, 1.807) is 59.4 Å². The first kappa shape index (κ1) is 21.0. The first-order valence-corrected chi connectivity index (χ1v) is 9.98. The van der Waals surface area contributed by atoms with Crippen LogP contribution in [0.15, 0.2) is 71.3 Å². The lowest BCUT2D eigenvalue weighted by atomic mass is 10.2. The van der Waals surface area contributed by atoms with Gasteiger partial charge in [-0.2, -0.15) is 5.10 Å². The van der Waals surface area contributed by atoms with E-state index >= 15 is 0 Å². The number of rotatable bonds is 7. The molecule has 0 aliphatic heterocycles. The largest absolute Gasteiger partial charge is 0.484 e. The molecule has 0 saturated heterocycles. The Balaban J connectivity index is 1.34. The highest BCUT2D eigenvalue weighted by Crippen LogP contribution is 2.28. The fraction of sp³-hybridized carbons (Fsp3) is 0.0909. The van der Waals surface area contributed by atoms with Gasteiger partial charge in [0.1, 0.15) is 23.9 Å². The van der Waals surface area contributed by atoms with Crippen molar-refractivity contribution in [1.29, 1.82) is 0 Å². The van der Waals surface area contributed by atoms with E-state index in [0.717, 1.165) is 5.56 Å². The second-order valence-corrected chi connectivity index (χ2v) is 7.46. The smallest absolute Gasteiger partial charge is 0.292 e. The van der Waals surface area contributed by atoms with Gasteiger partial charge >= 0.3 is 0 Å². The van der Waals surface area contributed by atoms with Gasteiger partial charge in [0.25, 0.3) is 5.91 Å². The maximum absolute atomic E-state index is 13.3. The highest BCUT2D eigenvalue weighted by Gasteiger charge is 2.14. The number of carbonyl (C=O) groups is 1. The lowest BCUT2D eigenvalue weighted by Crippen LogP contribution is -2.12. The number of hydrogen-bond acceptors (Lipinski definition) is 4. The molecule has 1 amide bonds. The van der Waals surface area contributed by atoms with Gasteiger partial charge in [0.15, 0.2) is 11.6 Å². The first-order chi connectivity index (χ1) is 15.0. The van der Waals surface area contributed by atoms with E-state index in [1.807, 2.05) is 0 Å². The number of halogens is 3. The number of anilines is 1. The van der Waals surface area contributed by atoms with Crippen LogP contribution in [0.3, 0.4) is 0 Å². The molecular weight excluding hydrogens is 444 g/mol. The molecule has 0 radical (unpaired) electrons. The number of nitrogens with one attached hydrogen (secondary N) is 1. The summed E-state index contributed by atoms with van der Waals surface area (Å²) in [6, 6.07) is 16.0. The molecule has 0 fully saturated rings. The van der Waals surface area contributed by atoms with Crippen LogP contribution in [0, 0.1) is 5.82 Å². The van der Waals surface area contributed by atoms with Crippen LogP contribution in [0.25, 0.3) is 0 Å². The van der Waals surface area contributed by atoms with Crippen molar-refractivity contribution in [3.05, 3.63) is 99.8 Å². The summed E-state index contributed by atoms with van der Waals surface area (Å²) < 4.78 is 26.0. The zero-order chi connectivity index (χ0) is 21.8. The predicted molar refractivity (Wildman–Crippen MR) is 115 cm³/mol. The Morgan fingerprint density at radius 2 is 2.00 bits per heavy atom. The number of hydrogen-bond donors (Lipinski definition) is 1.